The van der Waals surface area contributed by atoms with Crippen LogP contribution in [0.1, 0.15) is 58.9 Å². The van der Waals surface area contributed by atoms with E-state index in [2.05, 4.69) is 106 Å². The highest BCUT2D eigenvalue weighted by molar-refractivity contribution is 6.04. The first kappa shape index (κ1) is 32.0. The van der Waals surface area contributed by atoms with Crippen molar-refractivity contribution in [2.75, 3.05) is 0 Å². The van der Waals surface area contributed by atoms with E-state index in [9.17, 15) is 4.79 Å². The van der Waals surface area contributed by atoms with Gasteiger partial charge in [0.1, 0.15) is 18.2 Å². The molecule has 6 aromatic rings. The first-order valence-electron chi connectivity index (χ1n) is 17.4. The molecule has 8 rings (SSSR count). The molecule has 0 fully saturated rings. The third-order valence-corrected chi connectivity index (χ3v) is 9.45. The first-order valence-corrected chi connectivity index (χ1v) is 17.4. The standard InChI is InChI=1S/C45H37N5O/c51-42(35-13-5-2-6-14-35)41(33-11-3-1-4-12-33)34-21-27-38(28-22-34)45-49-43(36-23-17-31(18-24-36)39-15-7-9-29-46-39)48-44(50-45)37-25-19-32(20-26-37)40-16-8-10-30-47-40/h1,3-5,7-30,41,43,45,49H,2,6H2,(H,48,50)/t41-,43?,45?/m0/s1. The van der Waals surface area contributed by atoms with Gasteiger partial charge < -0.3 is 5.32 Å². The van der Waals surface area contributed by atoms with Crippen LogP contribution in [0.25, 0.3) is 22.5 Å². The minimum absolute atomic E-state index is 0.122. The summed E-state index contributed by atoms with van der Waals surface area (Å²) in [6.45, 7) is 0. The molecular formula is C45H37N5O. The molecule has 2 aromatic heterocycles. The first-order chi connectivity index (χ1) is 25.2. The van der Waals surface area contributed by atoms with Crippen LogP contribution in [0.15, 0.2) is 181 Å². The van der Waals surface area contributed by atoms with Crippen molar-refractivity contribution in [3.63, 3.8) is 0 Å². The Hall–Kier alpha value is -6.24. The number of amidine groups is 1. The number of rotatable bonds is 9. The molecule has 6 heteroatoms. The van der Waals surface area contributed by atoms with Crippen molar-refractivity contribution >= 4 is 11.6 Å². The van der Waals surface area contributed by atoms with Crippen LogP contribution in [0, 0.1) is 0 Å². The highest BCUT2D eigenvalue weighted by Crippen LogP contribution is 2.32. The van der Waals surface area contributed by atoms with Gasteiger partial charge in [-0.2, -0.15) is 0 Å². The molecule has 1 aliphatic carbocycles. The van der Waals surface area contributed by atoms with E-state index in [-0.39, 0.29) is 24.0 Å². The third-order valence-electron chi connectivity index (χ3n) is 9.45. The van der Waals surface area contributed by atoms with E-state index >= 15 is 0 Å². The minimum atomic E-state index is -0.387. The lowest BCUT2D eigenvalue weighted by Gasteiger charge is -2.32. The van der Waals surface area contributed by atoms with E-state index in [1.807, 2.05) is 85.2 Å². The fourth-order valence-corrected chi connectivity index (χ4v) is 6.73. The van der Waals surface area contributed by atoms with Crippen LogP contribution in [0.2, 0.25) is 0 Å². The molecule has 4 aromatic carbocycles. The smallest absolute Gasteiger partial charge is 0.174 e. The summed E-state index contributed by atoms with van der Waals surface area (Å²) < 4.78 is 0. The molecule has 3 atom stereocenters. The number of carbonyl (C=O) groups excluding carboxylic acids is 1. The minimum Gasteiger partial charge on any atom is -0.350 e. The molecule has 2 unspecified atom stereocenters. The van der Waals surface area contributed by atoms with Crippen molar-refractivity contribution in [3.8, 4) is 22.5 Å². The van der Waals surface area contributed by atoms with Gasteiger partial charge in [0.25, 0.3) is 0 Å². The Labute approximate surface area is 298 Å². The summed E-state index contributed by atoms with van der Waals surface area (Å²) in [7, 11) is 0. The second-order valence-electron chi connectivity index (χ2n) is 12.8. The van der Waals surface area contributed by atoms with Gasteiger partial charge in [-0.25, -0.2) is 4.99 Å². The zero-order chi connectivity index (χ0) is 34.4. The normalized spacial score (nSPS) is 17.5. The second-order valence-corrected chi connectivity index (χ2v) is 12.8. The maximum absolute atomic E-state index is 13.9. The fraction of sp³-hybridized carbons (Fsp3) is 0.111. The van der Waals surface area contributed by atoms with E-state index in [1.54, 1.807) is 0 Å². The van der Waals surface area contributed by atoms with Crippen molar-refractivity contribution < 1.29 is 4.79 Å². The number of benzene rings is 4. The van der Waals surface area contributed by atoms with E-state index in [4.69, 9.17) is 4.99 Å². The van der Waals surface area contributed by atoms with Crippen molar-refractivity contribution in [2.24, 2.45) is 4.99 Å². The van der Waals surface area contributed by atoms with Crippen LogP contribution >= 0.6 is 0 Å². The van der Waals surface area contributed by atoms with Crippen LogP contribution in [0.5, 0.6) is 0 Å². The Kier molecular flexibility index (Phi) is 9.23. The summed E-state index contributed by atoms with van der Waals surface area (Å²) in [6, 6.07) is 47.1. The number of hydrogen-bond donors (Lipinski definition) is 2. The largest absolute Gasteiger partial charge is 0.350 e. The number of carbonyl (C=O) groups is 1. The highest BCUT2D eigenvalue weighted by Gasteiger charge is 2.28. The maximum Gasteiger partial charge on any atom is 0.174 e. The van der Waals surface area contributed by atoms with Gasteiger partial charge in [0.2, 0.25) is 0 Å². The zero-order valence-electron chi connectivity index (χ0n) is 28.1. The number of hydrogen-bond acceptors (Lipinski definition) is 6. The number of aliphatic imine (C=N–C) groups is 1. The van der Waals surface area contributed by atoms with Gasteiger partial charge in [-0.3, -0.25) is 20.1 Å². The van der Waals surface area contributed by atoms with E-state index in [0.717, 1.165) is 74.6 Å². The second kappa shape index (κ2) is 14.7. The molecule has 0 saturated carbocycles. The van der Waals surface area contributed by atoms with Crippen molar-refractivity contribution in [1.29, 1.82) is 0 Å². The summed E-state index contributed by atoms with van der Waals surface area (Å²) in [4.78, 5) is 28.1. The van der Waals surface area contributed by atoms with Gasteiger partial charge in [0, 0.05) is 34.7 Å². The molecule has 0 saturated heterocycles. The summed E-state index contributed by atoms with van der Waals surface area (Å²) in [5.74, 6) is 0.529. The van der Waals surface area contributed by atoms with Crippen LogP contribution in [-0.4, -0.2) is 21.6 Å². The van der Waals surface area contributed by atoms with Crippen LogP contribution in [-0.2, 0) is 4.79 Å². The summed E-state index contributed by atoms with van der Waals surface area (Å²) >= 11 is 0. The Bertz CT molecular complexity index is 2190. The number of aromatic nitrogens is 2. The Morgan fingerprint density at radius 2 is 1.20 bits per heavy atom. The van der Waals surface area contributed by atoms with Crippen LogP contribution in [0.3, 0.4) is 0 Å². The van der Waals surface area contributed by atoms with Gasteiger partial charge in [0.15, 0.2) is 5.78 Å². The molecule has 6 nitrogen and oxygen atoms in total. The summed E-state index contributed by atoms with van der Waals surface area (Å²) in [6.07, 6.45) is 11.1. The Morgan fingerprint density at radius 1 is 0.608 bits per heavy atom. The topological polar surface area (TPSA) is 79.3 Å². The van der Waals surface area contributed by atoms with E-state index < -0.39 is 0 Å². The number of Topliss-reactive ketones (excluding diaryl/α,β-unsaturated/α-hetero) is 1. The van der Waals surface area contributed by atoms with Crippen LogP contribution in [0.4, 0.5) is 0 Å². The SMILES string of the molecule is O=C(C1=CCCC=C1)[C@@H](c1ccccc1)c1ccc(C2NC(c3ccc(-c4ccccn4)cc3)=NC(c3ccc(-c4ccccn4)cc3)N2)cc1. The van der Waals surface area contributed by atoms with Crippen molar-refractivity contribution in [2.45, 2.75) is 31.1 Å². The summed E-state index contributed by atoms with van der Waals surface area (Å²) in [5.41, 5.74) is 9.76. The fourth-order valence-electron chi connectivity index (χ4n) is 6.73. The molecule has 0 spiro atoms. The Morgan fingerprint density at radius 3 is 1.80 bits per heavy atom. The van der Waals surface area contributed by atoms with Gasteiger partial charge in [-0.05, 0) is 59.4 Å². The number of pyridine rings is 2. The molecular weight excluding hydrogens is 627 g/mol. The number of allylic oxidation sites excluding steroid dienone is 4. The average molecular weight is 664 g/mol. The number of nitrogens with zero attached hydrogens (tertiary/aromatic N) is 3. The molecule has 2 N–H and O–H groups in total. The third kappa shape index (κ3) is 7.09. The van der Waals surface area contributed by atoms with Crippen LogP contribution < -0.4 is 10.6 Å². The zero-order valence-corrected chi connectivity index (χ0v) is 28.1. The van der Waals surface area contributed by atoms with Gasteiger partial charge in [0.05, 0.1) is 17.3 Å². The quantitative estimate of drug-likeness (QED) is 0.161. The lowest BCUT2D eigenvalue weighted by Crippen LogP contribution is -2.44. The Balaban J connectivity index is 1.11. The molecule has 51 heavy (non-hydrogen) atoms. The lowest BCUT2D eigenvalue weighted by molar-refractivity contribution is -0.115. The molecule has 248 valence electrons. The molecule has 2 aliphatic rings. The predicted octanol–water partition coefficient (Wildman–Crippen LogP) is 9.13. The average Bonchev–Trinajstić information content (AvgIpc) is 3.22. The van der Waals surface area contributed by atoms with Gasteiger partial charge in [-0.1, -0.05) is 133 Å². The molecule has 1 aliphatic heterocycles. The monoisotopic (exact) mass is 663 g/mol. The highest BCUT2D eigenvalue weighted by atomic mass is 16.1. The van der Waals surface area contributed by atoms with Gasteiger partial charge >= 0.3 is 0 Å². The summed E-state index contributed by atoms with van der Waals surface area (Å²) in [5, 5.41) is 7.39. The van der Waals surface area contributed by atoms with E-state index in [1.165, 1.54) is 0 Å². The number of ketones is 1. The van der Waals surface area contributed by atoms with Crippen molar-refractivity contribution in [1.82, 2.24) is 20.6 Å². The number of nitrogens with one attached hydrogen (secondary N) is 2. The molecule has 0 radical (unpaired) electrons. The van der Waals surface area contributed by atoms with Gasteiger partial charge in [-0.15, -0.1) is 0 Å². The maximum atomic E-state index is 13.9. The lowest BCUT2D eigenvalue weighted by atomic mass is 9.83. The van der Waals surface area contributed by atoms with E-state index in [0.29, 0.717) is 0 Å². The molecule has 0 amide bonds. The van der Waals surface area contributed by atoms with Crippen molar-refractivity contribution in [3.05, 3.63) is 204 Å². The molecule has 3 heterocycles. The predicted molar refractivity (Wildman–Crippen MR) is 204 cm³/mol. The molecule has 0 bridgehead atoms.